The summed E-state index contributed by atoms with van der Waals surface area (Å²) in [6.45, 7) is 2.87. The number of nitrogens with one attached hydrogen (secondary N) is 1. The van der Waals surface area contributed by atoms with E-state index in [1.165, 1.54) is 4.31 Å². The van der Waals surface area contributed by atoms with Crippen molar-refractivity contribution in [2.45, 2.75) is 32.7 Å². The fourth-order valence-electron chi connectivity index (χ4n) is 2.64. The Balaban J connectivity index is 2.15. The van der Waals surface area contributed by atoms with Crippen LogP contribution in [0.5, 0.6) is 0 Å². The van der Waals surface area contributed by atoms with Crippen molar-refractivity contribution in [3.05, 3.63) is 64.7 Å². The number of nitrogens with zero attached hydrogens (tertiary/aromatic N) is 1. The van der Waals surface area contributed by atoms with Crippen molar-refractivity contribution in [3.63, 3.8) is 0 Å². The number of benzene rings is 2. The highest BCUT2D eigenvalue weighted by Crippen LogP contribution is 2.24. The van der Waals surface area contributed by atoms with Gasteiger partial charge in [0.15, 0.2) is 0 Å². The van der Waals surface area contributed by atoms with E-state index in [2.05, 4.69) is 12.2 Å². The van der Waals surface area contributed by atoms with E-state index in [0.717, 1.165) is 25.5 Å². The Morgan fingerprint density at radius 2 is 1.74 bits per heavy atom. The highest BCUT2D eigenvalue weighted by molar-refractivity contribution is 7.92. The summed E-state index contributed by atoms with van der Waals surface area (Å²) in [6, 6.07) is 13.7. The van der Waals surface area contributed by atoms with Crippen molar-refractivity contribution in [3.8, 4) is 0 Å². The van der Waals surface area contributed by atoms with Gasteiger partial charge in [0.2, 0.25) is 10.0 Å². The third-order valence-electron chi connectivity index (χ3n) is 4.16. The van der Waals surface area contributed by atoms with Crippen LogP contribution in [0.3, 0.4) is 0 Å². The van der Waals surface area contributed by atoms with E-state index in [9.17, 15) is 13.2 Å². The van der Waals surface area contributed by atoms with Crippen molar-refractivity contribution in [2.75, 3.05) is 17.1 Å². The zero-order valence-corrected chi connectivity index (χ0v) is 17.2. The lowest BCUT2D eigenvalue weighted by atomic mass is 10.1. The van der Waals surface area contributed by atoms with Gasteiger partial charge in [0, 0.05) is 17.1 Å². The molecule has 0 bridgehead atoms. The Bertz CT molecular complexity index is 867. The minimum atomic E-state index is -3.51. The molecule has 2 rings (SSSR count). The summed E-state index contributed by atoms with van der Waals surface area (Å²) in [7, 11) is -3.51. The van der Waals surface area contributed by atoms with Crippen LogP contribution in [0.2, 0.25) is 5.02 Å². The van der Waals surface area contributed by atoms with Crippen molar-refractivity contribution in [1.82, 2.24) is 5.32 Å². The summed E-state index contributed by atoms with van der Waals surface area (Å²) in [5.74, 6) is -0.158. The van der Waals surface area contributed by atoms with E-state index < -0.39 is 10.0 Å². The number of anilines is 1. The number of hydrogen-bond acceptors (Lipinski definition) is 3. The highest BCUT2D eigenvalue weighted by atomic mass is 35.5. The second-order valence-electron chi connectivity index (χ2n) is 6.37. The summed E-state index contributed by atoms with van der Waals surface area (Å²) in [5.41, 5.74) is 1.70. The first kappa shape index (κ1) is 21.3. The number of unbranched alkanes of at least 4 members (excludes halogenated alkanes) is 2. The van der Waals surface area contributed by atoms with Gasteiger partial charge >= 0.3 is 0 Å². The monoisotopic (exact) mass is 408 g/mol. The topological polar surface area (TPSA) is 66.5 Å². The quantitative estimate of drug-likeness (QED) is 0.631. The standard InChI is InChI=1S/C20H25ClN2O3S/c1-3-4-7-14-22-20(24)16-10-12-18(13-11-16)23(27(2,25)26)15-17-8-5-6-9-19(17)21/h5-6,8-13H,3-4,7,14-15H2,1-2H3,(H,22,24). The van der Waals surface area contributed by atoms with Gasteiger partial charge < -0.3 is 5.32 Å². The molecule has 0 aliphatic carbocycles. The molecule has 0 aliphatic heterocycles. The molecule has 0 heterocycles. The van der Waals surface area contributed by atoms with Crippen molar-refractivity contribution < 1.29 is 13.2 Å². The molecule has 0 radical (unpaired) electrons. The Morgan fingerprint density at radius 3 is 2.33 bits per heavy atom. The Labute approximate surface area is 166 Å². The van der Waals surface area contributed by atoms with Crippen LogP contribution in [0.4, 0.5) is 5.69 Å². The average molecular weight is 409 g/mol. The third-order valence-corrected chi connectivity index (χ3v) is 5.66. The first-order chi connectivity index (χ1) is 12.8. The van der Waals surface area contributed by atoms with Gasteiger partial charge in [0.05, 0.1) is 18.5 Å². The molecule has 0 aromatic heterocycles. The van der Waals surface area contributed by atoms with E-state index >= 15 is 0 Å². The number of rotatable bonds is 9. The van der Waals surface area contributed by atoms with Gasteiger partial charge in [-0.25, -0.2) is 8.42 Å². The molecule has 1 amide bonds. The first-order valence-corrected chi connectivity index (χ1v) is 11.1. The molecule has 0 atom stereocenters. The second-order valence-corrected chi connectivity index (χ2v) is 8.68. The SMILES string of the molecule is CCCCCNC(=O)c1ccc(N(Cc2ccccc2Cl)S(C)(=O)=O)cc1. The maximum atomic E-state index is 12.3. The molecule has 0 saturated heterocycles. The van der Waals surface area contributed by atoms with E-state index in [0.29, 0.717) is 28.4 Å². The molecule has 0 saturated carbocycles. The van der Waals surface area contributed by atoms with Crippen LogP contribution in [0.1, 0.15) is 42.1 Å². The number of hydrogen-bond donors (Lipinski definition) is 1. The molecular weight excluding hydrogens is 384 g/mol. The van der Waals surface area contributed by atoms with Gasteiger partial charge in [-0.15, -0.1) is 0 Å². The summed E-state index contributed by atoms with van der Waals surface area (Å²) < 4.78 is 25.8. The molecule has 0 aliphatic rings. The normalized spacial score (nSPS) is 11.2. The molecule has 0 unspecified atom stereocenters. The van der Waals surface area contributed by atoms with Gasteiger partial charge in [-0.3, -0.25) is 9.10 Å². The van der Waals surface area contributed by atoms with E-state index in [-0.39, 0.29) is 12.5 Å². The van der Waals surface area contributed by atoms with Crippen molar-refractivity contribution in [2.24, 2.45) is 0 Å². The van der Waals surface area contributed by atoms with Crippen LogP contribution in [-0.2, 0) is 16.6 Å². The van der Waals surface area contributed by atoms with Crippen LogP contribution in [0, 0.1) is 0 Å². The number of amides is 1. The first-order valence-electron chi connectivity index (χ1n) is 8.92. The zero-order valence-electron chi connectivity index (χ0n) is 15.6. The minimum absolute atomic E-state index is 0.126. The molecule has 27 heavy (non-hydrogen) atoms. The number of sulfonamides is 1. The number of halogens is 1. The fraction of sp³-hybridized carbons (Fsp3) is 0.350. The maximum absolute atomic E-state index is 12.3. The van der Waals surface area contributed by atoms with Gasteiger partial charge in [0.25, 0.3) is 5.91 Å². The van der Waals surface area contributed by atoms with E-state index in [1.54, 1.807) is 42.5 Å². The molecule has 1 N–H and O–H groups in total. The van der Waals surface area contributed by atoms with Crippen LogP contribution >= 0.6 is 11.6 Å². The molecule has 0 fully saturated rings. The van der Waals surface area contributed by atoms with Crippen molar-refractivity contribution >= 4 is 33.2 Å². The summed E-state index contributed by atoms with van der Waals surface area (Å²) in [4.78, 5) is 12.2. The average Bonchev–Trinajstić information content (AvgIpc) is 2.63. The Hall–Kier alpha value is -2.05. The van der Waals surface area contributed by atoms with E-state index in [1.807, 2.05) is 6.07 Å². The van der Waals surface area contributed by atoms with Crippen molar-refractivity contribution in [1.29, 1.82) is 0 Å². The Kier molecular flexibility index (Phi) is 7.68. The summed E-state index contributed by atoms with van der Waals surface area (Å²) in [5, 5.41) is 3.38. The lowest BCUT2D eigenvalue weighted by molar-refractivity contribution is 0.0953. The Morgan fingerprint density at radius 1 is 1.07 bits per heavy atom. The lowest BCUT2D eigenvalue weighted by Crippen LogP contribution is -2.29. The van der Waals surface area contributed by atoms with Crippen LogP contribution in [0.25, 0.3) is 0 Å². The third kappa shape index (κ3) is 6.26. The van der Waals surface area contributed by atoms with Gasteiger partial charge in [-0.1, -0.05) is 49.6 Å². The van der Waals surface area contributed by atoms with Crippen LogP contribution in [0.15, 0.2) is 48.5 Å². The predicted molar refractivity (Wildman–Crippen MR) is 111 cm³/mol. The molecule has 2 aromatic rings. The second kappa shape index (κ2) is 9.76. The largest absolute Gasteiger partial charge is 0.352 e. The fourth-order valence-corrected chi connectivity index (χ4v) is 3.71. The van der Waals surface area contributed by atoms with Gasteiger partial charge in [-0.05, 0) is 42.3 Å². The molecule has 5 nitrogen and oxygen atoms in total. The molecule has 146 valence electrons. The van der Waals surface area contributed by atoms with Gasteiger partial charge in [0.1, 0.15) is 0 Å². The number of carbonyl (C=O) groups excluding carboxylic acids is 1. The zero-order chi connectivity index (χ0) is 19.9. The molecule has 7 heteroatoms. The van der Waals surface area contributed by atoms with E-state index in [4.69, 9.17) is 11.6 Å². The van der Waals surface area contributed by atoms with Gasteiger partial charge in [-0.2, -0.15) is 0 Å². The summed E-state index contributed by atoms with van der Waals surface area (Å²) >= 11 is 6.17. The summed E-state index contributed by atoms with van der Waals surface area (Å²) in [6.07, 6.45) is 4.26. The van der Waals surface area contributed by atoms with Crippen LogP contribution in [-0.4, -0.2) is 27.1 Å². The molecule has 0 spiro atoms. The molecule has 2 aromatic carbocycles. The highest BCUT2D eigenvalue weighted by Gasteiger charge is 2.19. The minimum Gasteiger partial charge on any atom is -0.352 e. The maximum Gasteiger partial charge on any atom is 0.251 e. The number of carbonyl (C=O) groups is 1. The van der Waals surface area contributed by atoms with Crippen LogP contribution < -0.4 is 9.62 Å². The smallest absolute Gasteiger partial charge is 0.251 e. The molecular formula is C20H25ClN2O3S. The lowest BCUT2D eigenvalue weighted by Gasteiger charge is -2.23. The predicted octanol–water partition coefficient (Wildman–Crippen LogP) is 4.23.